The van der Waals surface area contributed by atoms with Crippen LogP contribution in [0.15, 0.2) is 58.3 Å². The third-order valence-electron chi connectivity index (χ3n) is 5.37. The van der Waals surface area contributed by atoms with Gasteiger partial charge in [0.1, 0.15) is 0 Å². The average Bonchev–Trinajstić information content (AvgIpc) is 2.78. The number of halogens is 1. The highest BCUT2D eigenvalue weighted by Crippen LogP contribution is 2.25. The van der Waals surface area contributed by atoms with Crippen molar-refractivity contribution in [3.05, 3.63) is 59.1 Å². The van der Waals surface area contributed by atoms with E-state index < -0.39 is 26.0 Å². The van der Waals surface area contributed by atoms with Gasteiger partial charge in [-0.25, -0.2) is 21.1 Å². The molecule has 1 N–H and O–H groups in total. The molecule has 174 valence electrons. The van der Waals surface area contributed by atoms with E-state index in [2.05, 4.69) is 5.32 Å². The van der Waals surface area contributed by atoms with Crippen molar-refractivity contribution in [3.63, 3.8) is 0 Å². The number of hydrogen-bond acceptors (Lipinski definition) is 5. The number of hydrogen-bond donors (Lipinski definition) is 1. The van der Waals surface area contributed by atoms with Gasteiger partial charge >= 0.3 is 0 Å². The van der Waals surface area contributed by atoms with E-state index in [4.69, 9.17) is 11.6 Å². The van der Waals surface area contributed by atoms with Crippen LogP contribution in [0.4, 0.5) is 0 Å². The molecule has 3 rings (SSSR count). The molecule has 2 aromatic rings. The van der Waals surface area contributed by atoms with Crippen LogP contribution in [0.5, 0.6) is 0 Å². The van der Waals surface area contributed by atoms with E-state index >= 15 is 0 Å². The molecule has 1 fully saturated rings. The fraction of sp³-hybridized carbons (Fsp3) is 0.381. The molecule has 1 atom stereocenters. The number of amides is 1. The molecule has 0 bridgehead atoms. The summed E-state index contributed by atoms with van der Waals surface area (Å²) in [5.41, 5.74) is 0.748. The zero-order chi connectivity index (χ0) is 23.5. The van der Waals surface area contributed by atoms with E-state index in [1.165, 1.54) is 54.8 Å². The molecule has 32 heavy (non-hydrogen) atoms. The Morgan fingerprint density at radius 1 is 1.03 bits per heavy atom. The molecule has 0 aliphatic carbocycles. The lowest BCUT2D eigenvalue weighted by Crippen LogP contribution is -2.45. The lowest BCUT2D eigenvalue weighted by molar-refractivity contribution is -0.126. The Morgan fingerprint density at radius 3 is 2.22 bits per heavy atom. The first-order valence-electron chi connectivity index (χ1n) is 10.1. The maximum Gasteiger partial charge on any atom is 0.243 e. The lowest BCUT2D eigenvalue weighted by Gasteiger charge is -2.31. The Kier molecular flexibility index (Phi) is 7.61. The topological polar surface area (TPSA) is 104 Å². The highest BCUT2D eigenvalue weighted by molar-refractivity contribution is 7.89. The van der Waals surface area contributed by atoms with Gasteiger partial charge in [0, 0.05) is 38.8 Å². The van der Waals surface area contributed by atoms with Crippen LogP contribution in [0, 0.1) is 5.92 Å². The first kappa shape index (κ1) is 24.7. The summed E-state index contributed by atoms with van der Waals surface area (Å²) in [7, 11) is -4.29. The smallest absolute Gasteiger partial charge is 0.243 e. The van der Waals surface area contributed by atoms with E-state index in [1.54, 1.807) is 12.1 Å². The van der Waals surface area contributed by atoms with Crippen LogP contribution in [0.25, 0.3) is 0 Å². The number of carbonyl (C=O) groups is 1. The Bertz CT molecular complexity index is 1160. The molecule has 1 aliphatic heterocycles. The van der Waals surface area contributed by atoms with E-state index in [0.29, 0.717) is 24.4 Å². The van der Waals surface area contributed by atoms with E-state index in [0.717, 1.165) is 9.87 Å². The van der Waals surface area contributed by atoms with Gasteiger partial charge in [0.25, 0.3) is 0 Å². The first-order chi connectivity index (χ1) is 15.0. The normalized spacial score (nSPS) is 17.9. The molecule has 1 amide bonds. The SMILES string of the molecule is CN(C)S(=O)(=O)c1ccc(CNC(=O)C2CCCN(S(=O)(=O)c3ccc(Cl)cc3)C2)cc1. The summed E-state index contributed by atoms with van der Waals surface area (Å²) in [5.74, 6) is -0.690. The summed E-state index contributed by atoms with van der Waals surface area (Å²) in [4.78, 5) is 13.0. The molecule has 0 radical (unpaired) electrons. The molecular weight excluding hydrogens is 474 g/mol. The third kappa shape index (κ3) is 5.49. The molecule has 11 heteroatoms. The minimum absolute atomic E-state index is 0.108. The monoisotopic (exact) mass is 499 g/mol. The highest BCUT2D eigenvalue weighted by Gasteiger charge is 2.33. The van der Waals surface area contributed by atoms with Gasteiger partial charge in [-0.15, -0.1) is 0 Å². The second-order valence-corrected chi connectivity index (χ2v) is 12.3. The number of sulfonamides is 2. The van der Waals surface area contributed by atoms with Crippen molar-refractivity contribution >= 4 is 37.6 Å². The second-order valence-electron chi connectivity index (χ2n) is 7.81. The van der Waals surface area contributed by atoms with Gasteiger partial charge < -0.3 is 5.32 Å². The number of rotatable bonds is 7. The van der Waals surface area contributed by atoms with Gasteiger partial charge in [-0.2, -0.15) is 4.31 Å². The summed E-state index contributed by atoms with van der Waals surface area (Å²) >= 11 is 5.85. The molecule has 1 unspecified atom stereocenters. The van der Waals surface area contributed by atoms with Gasteiger partial charge in [-0.3, -0.25) is 4.79 Å². The third-order valence-corrected chi connectivity index (χ3v) is 9.34. The minimum atomic E-state index is -3.70. The van der Waals surface area contributed by atoms with Gasteiger partial charge in [-0.1, -0.05) is 23.7 Å². The Labute approximate surface area is 194 Å². The van der Waals surface area contributed by atoms with Crippen molar-refractivity contribution in [2.45, 2.75) is 29.2 Å². The lowest BCUT2D eigenvalue weighted by atomic mass is 9.99. The van der Waals surface area contributed by atoms with Crippen LogP contribution in [-0.2, 0) is 31.4 Å². The molecule has 2 aromatic carbocycles. The van der Waals surface area contributed by atoms with Crippen LogP contribution < -0.4 is 5.32 Å². The summed E-state index contributed by atoms with van der Waals surface area (Å²) in [6.45, 7) is 0.689. The quantitative estimate of drug-likeness (QED) is 0.629. The minimum Gasteiger partial charge on any atom is -0.352 e. The van der Waals surface area contributed by atoms with Crippen molar-refractivity contribution < 1.29 is 21.6 Å². The van der Waals surface area contributed by atoms with Crippen LogP contribution in [0.1, 0.15) is 18.4 Å². The van der Waals surface area contributed by atoms with Crippen molar-refractivity contribution in [3.8, 4) is 0 Å². The standard InChI is InChI=1S/C21H26ClN3O5S2/c1-24(2)31(27,28)19-9-5-16(6-10-19)14-23-21(26)17-4-3-13-25(15-17)32(29,30)20-11-7-18(22)8-12-20/h5-12,17H,3-4,13-15H2,1-2H3,(H,23,26). The summed E-state index contributed by atoms with van der Waals surface area (Å²) in [6, 6.07) is 12.3. The van der Waals surface area contributed by atoms with Gasteiger partial charge in [-0.05, 0) is 54.8 Å². The Balaban J connectivity index is 1.61. The van der Waals surface area contributed by atoms with Crippen molar-refractivity contribution in [1.82, 2.24) is 13.9 Å². The fourth-order valence-electron chi connectivity index (χ4n) is 3.45. The predicted molar refractivity (Wildman–Crippen MR) is 122 cm³/mol. The van der Waals surface area contributed by atoms with E-state index in [9.17, 15) is 21.6 Å². The maximum absolute atomic E-state index is 12.9. The summed E-state index contributed by atoms with van der Waals surface area (Å²) in [6.07, 6.45) is 1.18. The molecule has 1 saturated heterocycles. The number of piperidine rings is 1. The molecule has 8 nitrogen and oxygen atoms in total. The molecule has 0 spiro atoms. The van der Waals surface area contributed by atoms with Crippen molar-refractivity contribution in [2.24, 2.45) is 5.92 Å². The number of nitrogens with zero attached hydrogens (tertiary/aromatic N) is 2. The van der Waals surface area contributed by atoms with Crippen LogP contribution in [-0.4, -0.2) is 58.5 Å². The maximum atomic E-state index is 12.9. The summed E-state index contributed by atoms with van der Waals surface area (Å²) in [5, 5.41) is 3.28. The average molecular weight is 500 g/mol. The van der Waals surface area contributed by atoms with E-state index in [1.807, 2.05) is 0 Å². The Hall–Kier alpha value is -1.98. The van der Waals surface area contributed by atoms with Crippen LogP contribution >= 0.6 is 11.6 Å². The van der Waals surface area contributed by atoms with E-state index in [-0.39, 0.29) is 28.8 Å². The Morgan fingerprint density at radius 2 is 1.62 bits per heavy atom. The van der Waals surface area contributed by atoms with Gasteiger partial charge in [0.2, 0.25) is 26.0 Å². The molecule has 1 heterocycles. The number of nitrogens with one attached hydrogen (secondary N) is 1. The van der Waals surface area contributed by atoms with Crippen molar-refractivity contribution in [2.75, 3.05) is 27.2 Å². The largest absolute Gasteiger partial charge is 0.352 e. The number of carbonyl (C=O) groups excluding carboxylic acids is 1. The van der Waals surface area contributed by atoms with Crippen LogP contribution in [0.2, 0.25) is 5.02 Å². The van der Waals surface area contributed by atoms with Crippen molar-refractivity contribution in [1.29, 1.82) is 0 Å². The molecule has 1 aliphatic rings. The second kappa shape index (κ2) is 9.88. The first-order valence-corrected chi connectivity index (χ1v) is 13.3. The molecular formula is C21H26ClN3O5S2. The fourth-order valence-corrected chi connectivity index (χ4v) is 6.01. The van der Waals surface area contributed by atoms with Gasteiger partial charge in [0.15, 0.2) is 0 Å². The molecule has 0 aromatic heterocycles. The number of benzene rings is 2. The summed E-state index contributed by atoms with van der Waals surface area (Å²) < 4.78 is 52.6. The highest BCUT2D eigenvalue weighted by atomic mass is 35.5. The molecule has 0 saturated carbocycles. The van der Waals surface area contributed by atoms with Gasteiger partial charge in [0.05, 0.1) is 15.7 Å². The zero-order valence-electron chi connectivity index (χ0n) is 17.9. The predicted octanol–water partition coefficient (Wildman–Crippen LogP) is 2.31. The zero-order valence-corrected chi connectivity index (χ0v) is 20.3. The van der Waals surface area contributed by atoms with Crippen LogP contribution in [0.3, 0.4) is 0 Å².